The first-order valence-electron chi connectivity index (χ1n) is 7.45. The topological polar surface area (TPSA) is 12.0 Å². The van der Waals surface area contributed by atoms with Crippen LogP contribution >= 0.6 is 0 Å². The Morgan fingerprint density at radius 2 is 1.69 bits per heavy atom. The Labute approximate surface area is 102 Å². The molecule has 3 atom stereocenters. The van der Waals surface area contributed by atoms with Gasteiger partial charge >= 0.3 is 0 Å². The van der Waals surface area contributed by atoms with Gasteiger partial charge in [-0.1, -0.05) is 53.4 Å². The van der Waals surface area contributed by atoms with Crippen LogP contribution in [0.1, 0.15) is 66.2 Å². The Balaban J connectivity index is 2.18. The fraction of sp³-hybridized carbons (Fsp3) is 1.00. The van der Waals surface area contributed by atoms with Gasteiger partial charge < -0.3 is 5.32 Å². The predicted molar refractivity (Wildman–Crippen MR) is 72.7 cm³/mol. The Morgan fingerprint density at radius 1 is 1.00 bits per heavy atom. The van der Waals surface area contributed by atoms with Crippen LogP contribution in [0, 0.1) is 17.8 Å². The van der Waals surface area contributed by atoms with Crippen molar-refractivity contribution in [1.82, 2.24) is 5.32 Å². The summed E-state index contributed by atoms with van der Waals surface area (Å²) in [6, 6.07) is 0.850. The zero-order valence-electron chi connectivity index (χ0n) is 11.8. The molecule has 0 bridgehead atoms. The molecule has 0 aliphatic heterocycles. The summed E-state index contributed by atoms with van der Waals surface area (Å²) in [5.74, 6) is 2.82. The van der Waals surface area contributed by atoms with Crippen molar-refractivity contribution in [3.8, 4) is 0 Å². The second kappa shape index (κ2) is 7.32. The van der Waals surface area contributed by atoms with Gasteiger partial charge in [0.15, 0.2) is 0 Å². The highest BCUT2D eigenvalue weighted by atomic mass is 15.0. The van der Waals surface area contributed by atoms with Gasteiger partial charge in [-0.3, -0.25) is 0 Å². The van der Waals surface area contributed by atoms with Crippen LogP contribution in [0.5, 0.6) is 0 Å². The lowest BCUT2D eigenvalue weighted by atomic mass is 10.0. The van der Waals surface area contributed by atoms with E-state index in [0.29, 0.717) is 0 Å². The molecule has 2 unspecified atom stereocenters. The van der Waals surface area contributed by atoms with Crippen molar-refractivity contribution < 1.29 is 0 Å². The van der Waals surface area contributed by atoms with Crippen LogP contribution in [0.4, 0.5) is 0 Å². The van der Waals surface area contributed by atoms with Crippen LogP contribution in [-0.4, -0.2) is 12.6 Å². The van der Waals surface area contributed by atoms with E-state index in [2.05, 4.69) is 33.0 Å². The molecule has 1 heteroatoms. The van der Waals surface area contributed by atoms with Crippen molar-refractivity contribution >= 4 is 0 Å². The first kappa shape index (κ1) is 14.0. The minimum absolute atomic E-state index is 0.850. The van der Waals surface area contributed by atoms with Gasteiger partial charge in [0.05, 0.1) is 0 Å². The molecule has 0 heterocycles. The average molecular weight is 225 g/mol. The van der Waals surface area contributed by atoms with Crippen molar-refractivity contribution in [2.24, 2.45) is 17.8 Å². The monoisotopic (exact) mass is 225 g/mol. The van der Waals surface area contributed by atoms with Gasteiger partial charge in [0.25, 0.3) is 0 Å². The largest absolute Gasteiger partial charge is 0.313 e. The summed E-state index contributed by atoms with van der Waals surface area (Å²) in [4.78, 5) is 0. The van der Waals surface area contributed by atoms with E-state index < -0.39 is 0 Å². The van der Waals surface area contributed by atoms with Crippen LogP contribution in [-0.2, 0) is 0 Å². The molecule has 0 radical (unpaired) electrons. The number of hydrogen-bond donors (Lipinski definition) is 1. The summed E-state index contributed by atoms with van der Waals surface area (Å²) in [7, 11) is 0. The third-order valence-electron chi connectivity index (χ3n) is 4.05. The molecule has 1 saturated carbocycles. The standard InChI is InChI=1S/C15H31N/c1-5-7-9-11-16-15-13(10-8-6-2)14(15)12(3)4/h12-16H,5-11H2,1-4H3/t13?,14?,15-/m1/s1. The minimum atomic E-state index is 0.850. The average Bonchev–Trinajstić information content (AvgIpc) is 2.95. The summed E-state index contributed by atoms with van der Waals surface area (Å²) in [6.45, 7) is 10.6. The number of hydrogen-bond acceptors (Lipinski definition) is 1. The highest BCUT2D eigenvalue weighted by molar-refractivity contribution is 5.03. The first-order chi connectivity index (χ1) is 7.72. The SMILES string of the molecule is CCCCCN[C@@H]1C(CCCC)C1C(C)C. The maximum atomic E-state index is 3.78. The molecule has 1 fully saturated rings. The molecular formula is C15H31N. The molecule has 1 N–H and O–H groups in total. The van der Waals surface area contributed by atoms with Gasteiger partial charge in [-0.25, -0.2) is 0 Å². The quantitative estimate of drug-likeness (QED) is 0.579. The molecule has 0 saturated heterocycles. The normalized spacial score (nSPS) is 28.7. The Hall–Kier alpha value is -0.0400. The molecule has 0 amide bonds. The highest BCUT2D eigenvalue weighted by Crippen LogP contribution is 2.47. The zero-order chi connectivity index (χ0) is 12.0. The highest BCUT2D eigenvalue weighted by Gasteiger charge is 2.49. The third kappa shape index (κ3) is 4.08. The minimum Gasteiger partial charge on any atom is -0.313 e. The van der Waals surface area contributed by atoms with Crippen LogP contribution in [0.3, 0.4) is 0 Å². The number of unbranched alkanes of at least 4 members (excludes halogenated alkanes) is 3. The van der Waals surface area contributed by atoms with Gasteiger partial charge in [-0.2, -0.15) is 0 Å². The van der Waals surface area contributed by atoms with E-state index in [1.54, 1.807) is 0 Å². The molecule has 1 rings (SSSR count). The van der Waals surface area contributed by atoms with E-state index in [-0.39, 0.29) is 0 Å². The summed E-state index contributed by atoms with van der Waals surface area (Å²) in [6.07, 6.45) is 8.29. The summed E-state index contributed by atoms with van der Waals surface area (Å²) >= 11 is 0. The van der Waals surface area contributed by atoms with Gasteiger partial charge in [0.2, 0.25) is 0 Å². The predicted octanol–water partition coefficient (Wildman–Crippen LogP) is 4.23. The van der Waals surface area contributed by atoms with Gasteiger partial charge in [0, 0.05) is 6.04 Å². The summed E-state index contributed by atoms with van der Waals surface area (Å²) < 4.78 is 0. The van der Waals surface area contributed by atoms with Crippen LogP contribution < -0.4 is 5.32 Å². The van der Waals surface area contributed by atoms with Crippen molar-refractivity contribution in [1.29, 1.82) is 0 Å². The van der Waals surface area contributed by atoms with Gasteiger partial charge in [0.1, 0.15) is 0 Å². The molecule has 0 aromatic rings. The van der Waals surface area contributed by atoms with Crippen LogP contribution in [0.25, 0.3) is 0 Å². The number of rotatable bonds is 9. The summed E-state index contributed by atoms with van der Waals surface area (Å²) in [5.41, 5.74) is 0. The molecule has 0 aromatic heterocycles. The van der Waals surface area contributed by atoms with E-state index in [0.717, 1.165) is 23.8 Å². The zero-order valence-corrected chi connectivity index (χ0v) is 11.8. The van der Waals surface area contributed by atoms with Gasteiger partial charge in [-0.15, -0.1) is 0 Å². The Bertz CT molecular complexity index is 176. The third-order valence-corrected chi connectivity index (χ3v) is 4.05. The van der Waals surface area contributed by atoms with E-state index in [1.165, 1.54) is 45.1 Å². The maximum absolute atomic E-state index is 3.78. The molecule has 1 aliphatic carbocycles. The maximum Gasteiger partial charge on any atom is 0.0133 e. The van der Waals surface area contributed by atoms with Gasteiger partial charge in [-0.05, 0) is 37.1 Å². The molecule has 1 nitrogen and oxygen atoms in total. The van der Waals surface area contributed by atoms with E-state index in [4.69, 9.17) is 0 Å². The van der Waals surface area contributed by atoms with Crippen LogP contribution in [0.15, 0.2) is 0 Å². The molecule has 0 aromatic carbocycles. The first-order valence-corrected chi connectivity index (χ1v) is 7.45. The Morgan fingerprint density at radius 3 is 2.25 bits per heavy atom. The van der Waals surface area contributed by atoms with Crippen molar-refractivity contribution in [2.45, 2.75) is 72.3 Å². The van der Waals surface area contributed by atoms with E-state index >= 15 is 0 Å². The smallest absolute Gasteiger partial charge is 0.0133 e. The lowest BCUT2D eigenvalue weighted by molar-refractivity contribution is 0.485. The fourth-order valence-electron chi connectivity index (χ4n) is 3.05. The molecule has 96 valence electrons. The molecule has 0 spiro atoms. The van der Waals surface area contributed by atoms with Crippen LogP contribution in [0.2, 0.25) is 0 Å². The summed E-state index contributed by atoms with van der Waals surface area (Å²) in [5, 5.41) is 3.78. The second-order valence-electron chi connectivity index (χ2n) is 5.81. The van der Waals surface area contributed by atoms with E-state index in [9.17, 15) is 0 Å². The van der Waals surface area contributed by atoms with Crippen molar-refractivity contribution in [3.05, 3.63) is 0 Å². The fourth-order valence-corrected chi connectivity index (χ4v) is 3.05. The molecule has 1 aliphatic rings. The van der Waals surface area contributed by atoms with Crippen molar-refractivity contribution in [3.63, 3.8) is 0 Å². The molecular weight excluding hydrogens is 194 g/mol. The Kier molecular flexibility index (Phi) is 6.41. The second-order valence-corrected chi connectivity index (χ2v) is 5.81. The van der Waals surface area contributed by atoms with E-state index in [1.807, 2.05) is 0 Å². The lowest BCUT2D eigenvalue weighted by Gasteiger charge is -2.05. The van der Waals surface area contributed by atoms with Crippen molar-refractivity contribution in [2.75, 3.05) is 6.54 Å². The lowest BCUT2D eigenvalue weighted by Crippen LogP contribution is -2.21. The molecule has 16 heavy (non-hydrogen) atoms. The number of nitrogens with one attached hydrogen (secondary N) is 1.